The Balaban J connectivity index is 1.55. The van der Waals surface area contributed by atoms with Gasteiger partial charge in [0, 0.05) is 16.7 Å². The molecular formula is C21H18ClNO5S. The lowest BCUT2D eigenvalue weighted by atomic mass is 10.2. The van der Waals surface area contributed by atoms with E-state index in [1.807, 2.05) is 6.07 Å². The highest BCUT2D eigenvalue weighted by molar-refractivity contribution is 7.89. The second-order valence-electron chi connectivity index (χ2n) is 6.01. The number of carbonyl (C=O) groups is 1. The van der Waals surface area contributed by atoms with E-state index < -0.39 is 16.0 Å². The summed E-state index contributed by atoms with van der Waals surface area (Å²) in [7, 11) is -3.67. The zero-order valence-electron chi connectivity index (χ0n) is 15.2. The summed E-state index contributed by atoms with van der Waals surface area (Å²) >= 11 is 6.01. The van der Waals surface area contributed by atoms with Crippen LogP contribution in [0.25, 0.3) is 6.08 Å². The van der Waals surface area contributed by atoms with Gasteiger partial charge in [-0.3, -0.25) is 0 Å². The normalized spacial score (nSPS) is 11.6. The van der Waals surface area contributed by atoms with E-state index in [1.54, 1.807) is 48.5 Å². The summed E-state index contributed by atoms with van der Waals surface area (Å²) in [6, 6.07) is 16.6. The third kappa shape index (κ3) is 6.05. The fourth-order valence-electron chi connectivity index (χ4n) is 2.40. The van der Waals surface area contributed by atoms with Gasteiger partial charge in [-0.15, -0.1) is 0 Å². The van der Waals surface area contributed by atoms with Gasteiger partial charge in [0.2, 0.25) is 10.0 Å². The molecule has 1 aromatic heterocycles. The van der Waals surface area contributed by atoms with E-state index >= 15 is 0 Å². The van der Waals surface area contributed by atoms with Crippen LogP contribution in [0.4, 0.5) is 0 Å². The number of esters is 1. The van der Waals surface area contributed by atoms with E-state index in [0.29, 0.717) is 21.9 Å². The maximum atomic E-state index is 12.3. The van der Waals surface area contributed by atoms with Crippen LogP contribution >= 0.6 is 11.6 Å². The molecule has 1 N–H and O–H groups in total. The van der Waals surface area contributed by atoms with Crippen molar-refractivity contribution in [1.82, 2.24) is 4.72 Å². The highest BCUT2D eigenvalue weighted by Gasteiger charge is 2.14. The fraction of sp³-hybridized carbons (Fsp3) is 0.0952. The quantitative estimate of drug-likeness (QED) is 0.427. The van der Waals surface area contributed by atoms with Gasteiger partial charge in [0.05, 0.1) is 17.7 Å². The Morgan fingerprint density at radius 1 is 1.07 bits per heavy atom. The Hall–Kier alpha value is -2.87. The summed E-state index contributed by atoms with van der Waals surface area (Å²) < 4.78 is 37.3. The van der Waals surface area contributed by atoms with Gasteiger partial charge >= 0.3 is 5.97 Å². The van der Waals surface area contributed by atoms with Gasteiger partial charge in [-0.1, -0.05) is 41.9 Å². The number of benzene rings is 2. The molecule has 0 radical (unpaired) electrons. The van der Waals surface area contributed by atoms with Crippen LogP contribution in [0.15, 0.2) is 82.3 Å². The first-order valence-electron chi connectivity index (χ1n) is 8.64. The minimum atomic E-state index is -3.67. The standard InChI is InChI=1S/C21H18ClNO5S/c22-20-6-2-1-4-17(20)15-28-21(24)12-9-16-7-10-19(11-8-16)29(25,26)23-14-18-5-3-13-27-18/h1-13,23H,14-15H2/b12-9+. The van der Waals surface area contributed by atoms with Gasteiger partial charge in [0.1, 0.15) is 12.4 Å². The number of ether oxygens (including phenoxy) is 1. The highest BCUT2D eigenvalue weighted by atomic mass is 35.5. The molecule has 0 unspecified atom stereocenters. The van der Waals surface area contributed by atoms with Crippen LogP contribution in [-0.4, -0.2) is 14.4 Å². The molecule has 3 rings (SSSR count). The van der Waals surface area contributed by atoms with Crippen LogP contribution in [0.2, 0.25) is 5.02 Å². The summed E-state index contributed by atoms with van der Waals surface area (Å²) in [6.07, 6.45) is 4.29. The van der Waals surface area contributed by atoms with Crippen LogP contribution in [0.5, 0.6) is 0 Å². The van der Waals surface area contributed by atoms with E-state index in [-0.39, 0.29) is 18.0 Å². The molecule has 0 aliphatic heterocycles. The molecule has 29 heavy (non-hydrogen) atoms. The molecule has 0 bridgehead atoms. The SMILES string of the molecule is O=C(/C=C/c1ccc(S(=O)(=O)NCc2ccco2)cc1)OCc1ccccc1Cl. The molecule has 0 spiro atoms. The van der Waals surface area contributed by atoms with Crippen molar-refractivity contribution in [3.05, 3.63) is 94.9 Å². The number of sulfonamides is 1. The molecule has 150 valence electrons. The summed E-state index contributed by atoms with van der Waals surface area (Å²) in [5, 5.41) is 0.529. The number of furan rings is 1. The Kier molecular flexibility index (Phi) is 6.87. The molecule has 8 heteroatoms. The van der Waals surface area contributed by atoms with Gasteiger partial charge in [-0.05, 0) is 42.0 Å². The van der Waals surface area contributed by atoms with Gasteiger partial charge in [-0.2, -0.15) is 0 Å². The van der Waals surface area contributed by atoms with E-state index in [0.717, 1.165) is 0 Å². The number of rotatable bonds is 8. The van der Waals surface area contributed by atoms with E-state index in [2.05, 4.69) is 4.72 Å². The predicted molar refractivity (Wildman–Crippen MR) is 109 cm³/mol. The molecule has 3 aromatic rings. The lowest BCUT2D eigenvalue weighted by Gasteiger charge is -2.06. The first-order chi connectivity index (χ1) is 13.9. The van der Waals surface area contributed by atoms with Gasteiger partial charge < -0.3 is 9.15 Å². The summed E-state index contributed by atoms with van der Waals surface area (Å²) in [5.41, 5.74) is 1.37. The summed E-state index contributed by atoms with van der Waals surface area (Å²) in [6.45, 7) is 0.135. The molecule has 0 saturated heterocycles. The number of halogens is 1. The van der Waals surface area contributed by atoms with Crippen molar-refractivity contribution < 1.29 is 22.4 Å². The minimum absolute atomic E-state index is 0.0637. The van der Waals surface area contributed by atoms with E-state index in [1.165, 1.54) is 24.5 Å². The molecule has 0 saturated carbocycles. The molecule has 2 aromatic carbocycles. The Labute approximate surface area is 173 Å². The third-order valence-corrected chi connectivity index (χ3v) is 5.73. The molecule has 1 heterocycles. The fourth-order valence-corrected chi connectivity index (χ4v) is 3.58. The predicted octanol–water partition coefficient (Wildman–Crippen LogP) is 4.17. The third-order valence-electron chi connectivity index (χ3n) is 3.95. The largest absolute Gasteiger partial charge is 0.468 e. The second kappa shape index (κ2) is 9.56. The van der Waals surface area contributed by atoms with Crippen molar-refractivity contribution in [2.45, 2.75) is 18.0 Å². The second-order valence-corrected chi connectivity index (χ2v) is 8.18. The average molecular weight is 432 g/mol. The monoisotopic (exact) mass is 431 g/mol. The number of hydrogen-bond donors (Lipinski definition) is 1. The van der Waals surface area contributed by atoms with Crippen LogP contribution in [0.3, 0.4) is 0 Å². The lowest BCUT2D eigenvalue weighted by molar-refractivity contribution is -0.138. The van der Waals surface area contributed by atoms with Crippen molar-refractivity contribution in [3.63, 3.8) is 0 Å². The van der Waals surface area contributed by atoms with Crippen molar-refractivity contribution in [2.75, 3.05) is 0 Å². The van der Waals surface area contributed by atoms with Crippen LogP contribution < -0.4 is 4.72 Å². The first-order valence-corrected chi connectivity index (χ1v) is 10.5. The summed E-state index contributed by atoms with van der Waals surface area (Å²) in [4.78, 5) is 12.0. The molecule has 0 atom stereocenters. The van der Waals surface area contributed by atoms with E-state index in [9.17, 15) is 13.2 Å². The van der Waals surface area contributed by atoms with Crippen molar-refractivity contribution >= 4 is 33.7 Å². The number of carbonyl (C=O) groups excluding carboxylic acids is 1. The molecule has 6 nitrogen and oxygen atoms in total. The maximum absolute atomic E-state index is 12.3. The topological polar surface area (TPSA) is 85.6 Å². The van der Waals surface area contributed by atoms with Gasteiger partial charge in [0.15, 0.2) is 0 Å². The lowest BCUT2D eigenvalue weighted by Crippen LogP contribution is -2.22. The van der Waals surface area contributed by atoms with Crippen molar-refractivity contribution in [1.29, 1.82) is 0 Å². The summed E-state index contributed by atoms with van der Waals surface area (Å²) in [5.74, 6) is -0.00911. The molecular weight excluding hydrogens is 414 g/mol. The molecule has 0 fully saturated rings. The minimum Gasteiger partial charge on any atom is -0.468 e. The van der Waals surface area contributed by atoms with E-state index in [4.69, 9.17) is 20.8 Å². The average Bonchev–Trinajstić information content (AvgIpc) is 3.24. The van der Waals surface area contributed by atoms with Crippen molar-refractivity contribution in [3.8, 4) is 0 Å². The zero-order valence-corrected chi connectivity index (χ0v) is 16.8. The number of nitrogens with one attached hydrogen (secondary N) is 1. The molecule has 0 amide bonds. The Morgan fingerprint density at radius 3 is 2.52 bits per heavy atom. The smallest absolute Gasteiger partial charge is 0.331 e. The zero-order chi connectivity index (χ0) is 20.7. The Morgan fingerprint density at radius 2 is 1.83 bits per heavy atom. The van der Waals surface area contributed by atoms with Crippen LogP contribution in [0, 0.1) is 0 Å². The highest BCUT2D eigenvalue weighted by Crippen LogP contribution is 2.16. The van der Waals surface area contributed by atoms with Gasteiger partial charge in [-0.25, -0.2) is 17.9 Å². The van der Waals surface area contributed by atoms with Crippen LogP contribution in [0.1, 0.15) is 16.9 Å². The first kappa shape index (κ1) is 20.9. The maximum Gasteiger partial charge on any atom is 0.331 e. The number of hydrogen-bond acceptors (Lipinski definition) is 5. The molecule has 0 aliphatic carbocycles. The molecule has 0 aliphatic rings. The van der Waals surface area contributed by atoms with Crippen molar-refractivity contribution in [2.24, 2.45) is 0 Å². The van der Waals surface area contributed by atoms with Crippen LogP contribution in [-0.2, 0) is 32.7 Å². The Bertz CT molecular complexity index is 1090. The van der Waals surface area contributed by atoms with Gasteiger partial charge in [0.25, 0.3) is 0 Å².